The first-order valence-electron chi connectivity index (χ1n) is 9.15. The highest BCUT2D eigenvalue weighted by Crippen LogP contribution is 2.38. The van der Waals surface area contributed by atoms with E-state index in [4.69, 9.17) is 0 Å². The summed E-state index contributed by atoms with van der Waals surface area (Å²) >= 11 is 0. The molecule has 0 radical (unpaired) electrons. The molecule has 0 spiro atoms. The Labute approximate surface area is 179 Å². The molecule has 1 N–H and O–H groups in total. The number of aromatic nitrogens is 2. The van der Waals surface area contributed by atoms with Crippen LogP contribution in [-0.4, -0.2) is 18.2 Å². The van der Waals surface area contributed by atoms with Crippen molar-refractivity contribution in [3.8, 4) is 11.3 Å². The number of nitrogens with zero attached hydrogens (tertiary/aromatic N) is 2. The molecule has 172 valence electrons. The molecular weight excluding hydrogens is 460 g/mol. The summed E-state index contributed by atoms with van der Waals surface area (Å²) in [6, 6.07) is 8.40. The molecule has 1 aromatic heterocycles. The predicted octanol–water partition coefficient (Wildman–Crippen LogP) is 5.97. The predicted molar refractivity (Wildman–Crippen MR) is 105 cm³/mol. The van der Waals surface area contributed by atoms with E-state index in [9.17, 15) is 34.8 Å². The van der Waals surface area contributed by atoms with E-state index >= 15 is 0 Å². The van der Waals surface area contributed by atoms with Gasteiger partial charge < -0.3 is 0 Å². The number of alkyl halides is 6. The lowest BCUT2D eigenvalue weighted by Gasteiger charge is -2.15. The molecule has 0 bridgehead atoms. The molecule has 0 amide bonds. The van der Waals surface area contributed by atoms with Gasteiger partial charge in [0.15, 0.2) is 0 Å². The third kappa shape index (κ3) is 5.06. The minimum Gasteiger partial charge on any atom is -0.279 e. The van der Waals surface area contributed by atoms with Gasteiger partial charge in [0.05, 0.1) is 16.8 Å². The maximum absolute atomic E-state index is 13.1. The topological polar surface area (TPSA) is 64.0 Å². The highest BCUT2D eigenvalue weighted by Gasteiger charge is 2.37. The van der Waals surface area contributed by atoms with Crippen molar-refractivity contribution in [1.82, 2.24) is 9.78 Å². The Morgan fingerprint density at radius 2 is 1.44 bits per heavy atom. The lowest BCUT2D eigenvalue weighted by Crippen LogP contribution is -2.16. The number of anilines is 1. The van der Waals surface area contributed by atoms with Gasteiger partial charge in [-0.3, -0.25) is 9.40 Å². The van der Waals surface area contributed by atoms with Gasteiger partial charge in [-0.05, 0) is 32.0 Å². The maximum atomic E-state index is 13.1. The van der Waals surface area contributed by atoms with Gasteiger partial charge in [-0.1, -0.05) is 30.3 Å². The number of nitrogens with one attached hydrogen (secondary N) is 1. The minimum atomic E-state index is -5.11. The second-order valence-electron chi connectivity index (χ2n) is 7.18. The van der Waals surface area contributed by atoms with Crippen LogP contribution in [0.25, 0.3) is 11.3 Å². The smallest absolute Gasteiger partial charge is 0.279 e. The van der Waals surface area contributed by atoms with E-state index < -0.39 is 39.2 Å². The van der Waals surface area contributed by atoms with Crippen molar-refractivity contribution in [3.63, 3.8) is 0 Å². The van der Waals surface area contributed by atoms with Crippen LogP contribution in [0.2, 0.25) is 0 Å². The average molecular weight is 477 g/mol. The Morgan fingerprint density at radius 1 is 0.906 bits per heavy atom. The normalized spacial score (nSPS) is 12.9. The molecule has 0 unspecified atom stereocenters. The fraction of sp³-hybridized carbons (Fsp3) is 0.250. The monoisotopic (exact) mass is 477 g/mol. The van der Waals surface area contributed by atoms with Crippen molar-refractivity contribution in [2.45, 2.75) is 37.1 Å². The van der Waals surface area contributed by atoms with Crippen molar-refractivity contribution in [2.75, 3.05) is 4.72 Å². The molecule has 0 atom stereocenters. The lowest BCUT2D eigenvalue weighted by atomic mass is 10.1. The Morgan fingerprint density at radius 3 is 1.91 bits per heavy atom. The average Bonchev–Trinajstić information content (AvgIpc) is 3.14. The van der Waals surface area contributed by atoms with E-state index in [0.717, 1.165) is 0 Å². The SMILES string of the molecule is CC(C)n1cc(S(=O)(=O)Nc2cc(C(F)(F)F)cc(C(F)(F)F)c2)c(-c2ccccc2)n1. The molecule has 0 aliphatic rings. The molecule has 3 rings (SSSR count). The summed E-state index contributed by atoms with van der Waals surface area (Å²) in [5.74, 6) is 0. The van der Waals surface area contributed by atoms with Crippen molar-refractivity contribution >= 4 is 15.7 Å². The summed E-state index contributed by atoms with van der Waals surface area (Å²) in [7, 11) is -4.60. The van der Waals surface area contributed by atoms with Crippen LogP contribution in [0.15, 0.2) is 59.6 Å². The van der Waals surface area contributed by atoms with Gasteiger partial charge in [0.25, 0.3) is 10.0 Å². The first-order chi connectivity index (χ1) is 14.7. The quantitative estimate of drug-likeness (QED) is 0.461. The number of rotatable bonds is 5. The third-order valence-corrected chi connectivity index (χ3v) is 5.79. The molecule has 0 saturated heterocycles. The first kappa shape index (κ1) is 23.6. The maximum Gasteiger partial charge on any atom is 0.416 e. The molecule has 12 heteroatoms. The van der Waals surface area contributed by atoms with Gasteiger partial charge in [0.2, 0.25) is 0 Å². The highest BCUT2D eigenvalue weighted by atomic mass is 32.2. The van der Waals surface area contributed by atoms with Crippen molar-refractivity contribution in [3.05, 3.63) is 65.9 Å². The molecule has 0 fully saturated rings. The van der Waals surface area contributed by atoms with E-state index in [-0.39, 0.29) is 22.7 Å². The summed E-state index contributed by atoms with van der Waals surface area (Å²) in [5, 5.41) is 4.24. The van der Waals surface area contributed by atoms with Gasteiger partial charge >= 0.3 is 12.4 Å². The van der Waals surface area contributed by atoms with Gasteiger partial charge in [-0.25, -0.2) is 8.42 Å². The summed E-state index contributed by atoms with van der Waals surface area (Å²) in [5.41, 5.74) is -3.72. The van der Waals surface area contributed by atoms with Crippen molar-refractivity contribution in [2.24, 2.45) is 0 Å². The van der Waals surface area contributed by atoms with Crippen molar-refractivity contribution in [1.29, 1.82) is 0 Å². The largest absolute Gasteiger partial charge is 0.416 e. The molecule has 5 nitrogen and oxygen atoms in total. The molecule has 0 aliphatic heterocycles. The van der Waals surface area contributed by atoms with Crippen LogP contribution in [0, 0.1) is 0 Å². The summed E-state index contributed by atoms with van der Waals surface area (Å²) in [6.07, 6.45) is -9.05. The molecule has 0 saturated carbocycles. The Hall–Kier alpha value is -3.02. The van der Waals surface area contributed by atoms with E-state index in [0.29, 0.717) is 17.7 Å². The van der Waals surface area contributed by atoms with E-state index in [2.05, 4.69) is 5.10 Å². The van der Waals surface area contributed by atoms with Gasteiger partial charge in [0, 0.05) is 17.8 Å². The summed E-state index contributed by atoms with van der Waals surface area (Å²) in [4.78, 5) is -0.386. The van der Waals surface area contributed by atoms with Crippen LogP contribution in [0.4, 0.5) is 32.0 Å². The standard InChI is InChI=1S/C20H17F6N3O2S/c1-12(2)29-11-17(18(27-29)13-6-4-3-5-7-13)32(30,31)28-16-9-14(19(21,22)23)8-15(10-16)20(24,25)26/h3-12,28H,1-2H3. The van der Waals surface area contributed by atoms with E-state index in [1.165, 1.54) is 10.9 Å². The fourth-order valence-corrected chi connectivity index (χ4v) is 4.05. The fourth-order valence-electron chi connectivity index (χ4n) is 2.86. The second kappa shape index (κ2) is 8.15. The molecule has 32 heavy (non-hydrogen) atoms. The molecular formula is C20H17F6N3O2S. The highest BCUT2D eigenvalue weighted by molar-refractivity contribution is 7.92. The Balaban J connectivity index is 2.13. The van der Waals surface area contributed by atoms with E-state index in [1.807, 2.05) is 4.72 Å². The summed E-state index contributed by atoms with van der Waals surface area (Å²) < 4.78 is 108. The van der Waals surface area contributed by atoms with Crippen LogP contribution < -0.4 is 4.72 Å². The van der Waals surface area contributed by atoms with Crippen molar-refractivity contribution < 1.29 is 34.8 Å². The number of hydrogen-bond donors (Lipinski definition) is 1. The lowest BCUT2D eigenvalue weighted by molar-refractivity contribution is -0.143. The zero-order valence-electron chi connectivity index (χ0n) is 16.7. The number of sulfonamides is 1. The van der Waals surface area contributed by atoms with E-state index in [1.54, 1.807) is 44.2 Å². The van der Waals surface area contributed by atoms with Crippen LogP contribution in [-0.2, 0) is 22.4 Å². The number of benzene rings is 2. The minimum absolute atomic E-state index is 0.00909. The second-order valence-corrected chi connectivity index (χ2v) is 8.83. The van der Waals surface area contributed by atoms with Gasteiger partial charge in [-0.15, -0.1) is 0 Å². The van der Waals surface area contributed by atoms with Crippen LogP contribution in [0.3, 0.4) is 0 Å². The Bertz CT molecular complexity index is 1180. The zero-order valence-corrected chi connectivity index (χ0v) is 17.5. The molecule has 1 heterocycles. The zero-order chi connectivity index (χ0) is 23.9. The first-order valence-corrected chi connectivity index (χ1v) is 10.6. The Kier molecular flexibility index (Phi) is 6.02. The third-order valence-electron chi connectivity index (χ3n) is 4.40. The number of hydrogen-bond acceptors (Lipinski definition) is 3. The van der Waals surface area contributed by atoms with Gasteiger partial charge in [0.1, 0.15) is 10.6 Å². The molecule has 3 aromatic rings. The summed E-state index contributed by atoms with van der Waals surface area (Å²) in [6.45, 7) is 3.46. The van der Waals surface area contributed by atoms with Crippen LogP contribution in [0.5, 0.6) is 0 Å². The van der Waals surface area contributed by atoms with Crippen LogP contribution >= 0.6 is 0 Å². The van der Waals surface area contributed by atoms with Crippen LogP contribution in [0.1, 0.15) is 31.0 Å². The van der Waals surface area contributed by atoms with Gasteiger partial charge in [-0.2, -0.15) is 31.4 Å². The molecule has 2 aromatic carbocycles. The number of halogens is 6. The molecule has 0 aliphatic carbocycles.